The van der Waals surface area contributed by atoms with E-state index < -0.39 is 29.1 Å². The highest BCUT2D eigenvalue weighted by Gasteiger charge is 2.36. The van der Waals surface area contributed by atoms with Crippen molar-refractivity contribution in [3.63, 3.8) is 0 Å². The molecule has 0 N–H and O–H groups in total. The van der Waals surface area contributed by atoms with Gasteiger partial charge in [-0.25, -0.2) is 9.18 Å². The fourth-order valence-corrected chi connectivity index (χ4v) is 1.77. The predicted molar refractivity (Wildman–Crippen MR) is 67.5 cm³/mol. The molecule has 0 unspecified atom stereocenters. The highest BCUT2D eigenvalue weighted by atomic mass is 19.4. The molecule has 0 aliphatic rings. The summed E-state index contributed by atoms with van der Waals surface area (Å²) in [5.41, 5.74) is -1.32. The van der Waals surface area contributed by atoms with E-state index in [0.29, 0.717) is 18.2 Å². The zero-order valence-corrected chi connectivity index (χ0v) is 10.9. The van der Waals surface area contributed by atoms with E-state index in [2.05, 4.69) is 0 Å². The molecular weight excluding hydrogens is 288 g/mol. The molecule has 110 valence electrons. The lowest BCUT2D eigenvalue weighted by Crippen LogP contribution is -2.17. The monoisotopic (exact) mass is 298 g/mol. The lowest BCUT2D eigenvalue weighted by atomic mass is 10.1. The largest absolute Gasteiger partial charge is 0.423 e. The number of ether oxygens (including phenoxy) is 1. The van der Waals surface area contributed by atoms with Crippen LogP contribution in [0.2, 0.25) is 0 Å². The van der Waals surface area contributed by atoms with E-state index in [1.54, 1.807) is 19.1 Å². The molecule has 2 rings (SSSR count). The molecule has 0 aliphatic heterocycles. The molecule has 0 spiro atoms. The molecule has 0 bridgehead atoms. The molecule has 0 atom stereocenters. The van der Waals surface area contributed by atoms with E-state index in [1.165, 1.54) is 12.1 Å². The minimum absolute atomic E-state index is 0.0948. The Morgan fingerprint density at radius 3 is 2.43 bits per heavy atom. The van der Waals surface area contributed by atoms with Gasteiger partial charge < -0.3 is 4.74 Å². The molecule has 0 aliphatic carbocycles. The molecule has 2 aromatic carbocycles. The molecule has 2 aromatic rings. The molecule has 21 heavy (non-hydrogen) atoms. The molecule has 0 aromatic heterocycles. The normalized spacial score (nSPS) is 11.3. The minimum atomic E-state index is -4.77. The van der Waals surface area contributed by atoms with Crippen LogP contribution in [0.4, 0.5) is 17.6 Å². The summed E-state index contributed by atoms with van der Waals surface area (Å²) in [6.07, 6.45) is -4.77. The first-order valence-corrected chi connectivity index (χ1v) is 5.93. The summed E-state index contributed by atoms with van der Waals surface area (Å²) in [6.45, 7) is 1.74. The van der Waals surface area contributed by atoms with Gasteiger partial charge in [-0.15, -0.1) is 0 Å². The number of carbonyl (C=O) groups excluding carboxylic acids is 1. The van der Waals surface area contributed by atoms with Gasteiger partial charge >= 0.3 is 12.1 Å². The van der Waals surface area contributed by atoms with Crippen LogP contribution in [-0.4, -0.2) is 5.97 Å². The Hall–Kier alpha value is -2.37. The van der Waals surface area contributed by atoms with Crippen molar-refractivity contribution in [3.05, 3.63) is 65.0 Å². The number of carbonyl (C=O) groups is 1. The van der Waals surface area contributed by atoms with Crippen LogP contribution in [0.25, 0.3) is 0 Å². The van der Waals surface area contributed by atoms with Gasteiger partial charge in [0, 0.05) is 0 Å². The number of halogens is 4. The Bertz CT molecular complexity index is 678. The van der Waals surface area contributed by atoms with Crippen molar-refractivity contribution < 1.29 is 27.1 Å². The summed E-state index contributed by atoms with van der Waals surface area (Å²) < 4.78 is 56.4. The topological polar surface area (TPSA) is 26.3 Å². The van der Waals surface area contributed by atoms with Crippen LogP contribution in [0.15, 0.2) is 42.5 Å². The second-order valence-electron chi connectivity index (χ2n) is 4.39. The van der Waals surface area contributed by atoms with Crippen LogP contribution < -0.4 is 4.74 Å². The van der Waals surface area contributed by atoms with E-state index in [4.69, 9.17) is 4.74 Å². The van der Waals surface area contributed by atoms with Crippen molar-refractivity contribution in [2.45, 2.75) is 13.1 Å². The Balaban J connectivity index is 2.37. The summed E-state index contributed by atoms with van der Waals surface area (Å²) in [7, 11) is 0. The number of alkyl halides is 3. The lowest BCUT2D eigenvalue weighted by molar-refractivity contribution is -0.138. The Kier molecular flexibility index (Phi) is 3.97. The Morgan fingerprint density at radius 1 is 1.10 bits per heavy atom. The third-order valence-corrected chi connectivity index (χ3v) is 2.71. The molecule has 0 heterocycles. The number of benzene rings is 2. The summed E-state index contributed by atoms with van der Waals surface area (Å²) in [6, 6.07) is 7.92. The van der Waals surface area contributed by atoms with Crippen LogP contribution >= 0.6 is 0 Å². The van der Waals surface area contributed by atoms with Gasteiger partial charge in [0.15, 0.2) is 0 Å². The van der Waals surface area contributed by atoms with Crippen molar-refractivity contribution in [1.82, 2.24) is 0 Å². The van der Waals surface area contributed by atoms with Gasteiger partial charge in [0.05, 0.1) is 11.1 Å². The Labute approximate surface area is 118 Å². The maximum Gasteiger partial charge on any atom is 0.417 e. The van der Waals surface area contributed by atoms with E-state index in [9.17, 15) is 22.4 Å². The quantitative estimate of drug-likeness (QED) is 0.467. The molecule has 2 nitrogen and oxygen atoms in total. The third kappa shape index (κ3) is 3.59. The Morgan fingerprint density at radius 2 is 1.81 bits per heavy atom. The van der Waals surface area contributed by atoms with Crippen LogP contribution in [0.1, 0.15) is 21.5 Å². The van der Waals surface area contributed by atoms with E-state index in [-0.39, 0.29) is 5.75 Å². The fraction of sp³-hybridized carbons (Fsp3) is 0.133. The van der Waals surface area contributed by atoms with Crippen molar-refractivity contribution in [2.75, 3.05) is 0 Å². The molecule has 0 saturated heterocycles. The zero-order valence-electron chi connectivity index (χ0n) is 10.9. The van der Waals surface area contributed by atoms with Crippen molar-refractivity contribution in [2.24, 2.45) is 0 Å². The van der Waals surface area contributed by atoms with Gasteiger partial charge in [-0.3, -0.25) is 0 Å². The molecule has 6 heteroatoms. The maximum atomic E-state index is 13.1. The summed E-state index contributed by atoms with van der Waals surface area (Å²) in [5.74, 6) is -2.11. The van der Waals surface area contributed by atoms with Crippen LogP contribution in [0, 0.1) is 12.7 Å². The first-order chi connectivity index (χ1) is 9.77. The van der Waals surface area contributed by atoms with Crippen LogP contribution in [-0.2, 0) is 6.18 Å². The second kappa shape index (κ2) is 5.55. The minimum Gasteiger partial charge on any atom is -0.423 e. The van der Waals surface area contributed by atoms with Crippen molar-refractivity contribution >= 4 is 5.97 Å². The van der Waals surface area contributed by atoms with Crippen molar-refractivity contribution in [1.29, 1.82) is 0 Å². The first kappa shape index (κ1) is 15.0. The molecular formula is C15H10F4O2. The van der Waals surface area contributed by atoms with Gasteiger partial charge in [-0.2, -0.15) is 13.2 Å². The number of rotatable bonds is 2. The summed E-state index contributed by atoms with van der Waals surface area (Å²) >= 11 is 0. The van der Waals surface area contributed by atoms with Gasteiger partial charge in [-0.1, -0.05) is 12.1 Å². The van der Waals surface area contributed by atoms with Crippen LogP contribution in [0.3, 0.4) is 0 Å². The van der Waals surface area contributed by atoms with Crippen molar-refractivity contribution in [3.8, 4) is 5.75 Å². The van der Waals surface area contributed by atoms with E-state index >= 15 is 0 Å². The second-order valence-corrected chi connectivity index (χ2v) is 4.39. The average molecular weight is 298 g/mol. The maximum absolute atomic E-state index is 13.1. The molecule has 0 fully saturated rings. The summed E-state index contributed by atoms with van der Waals surface area (Å²) in [5, 5.41) is 0. The van der Waals surface area contributed by atoms with E-state index in [0.717, 1.165) is 5.56 Å². The number of hydrogen-bond acceptors (Lipinski definition) is 2. The predicted octanol–water partition coefficient (Wildman–Crippen LogP) is 4.37. The number of esters is 1. The highest BCUT2D eigenvalue weighted by Crippen LogP contribution is 2.33. The smallest absolute Gasteiger partial charge is 0.417 e. The molecule has 0 saturated carbocycles. The third-order valence-electron chi connectivity index (χ3n) is 2.71. The summed E-state index contributed by atoms with van der Waals surface area (Å²) in [4.78, 5) is 11.9. The van der Waals surface area contributed by atoms with Gasteiger partial charge in [0.25, 0.3) is 0 Å². The SMILES string of the molecule is Cc1cccc(OC(=O)c2cc(F)ccc2C(F)(F)F)c1. The van der Waals surface area contributed by atoms with E-state index in [1.807, 2.05) is 0 Å². The van der Waals surface area contributed by atoms with Gasteiger partial charge in [0.1, 0.15) is 11.6 Å². The number of aryl methyl sites for hydroxylation is 1. The first-order valence-electron chi connectivity index (χ1n) is 5.93. The standard InChI is InChI=1S/C15H10F4O2/c1-9-3-2-4-11(7-9)21-14(20)12-8-10(16)5-6-13(12)15(17,18)19/h2-8H,1H3. The molecule has 0 amide bonds. The highest BCUT2D eigenvalue weighted by molar-refractivity contribution is 5.92. The van der Waals surface area contributed by atoms with Gasteiger partial charge in [0.2, 0.25) is 0 Å². The molecule has 0 radical (unpaired) electrons. The fourth-order valence-electron chi connectivity index (χ4n) is 1.77. The number of hydrogen-bond donors (Lipinski definition) is 0. The van der Waals surface area contributed by atoms with Crippen LogP contribution in [0.5, 0.6) is 5.75 Å². The van der Waals surface area contributed by atoms with Gasteiger partial charge in [-0.05, 0) is 42.8 Å². The average Bonchev–Trinajstić information content (AvgIpc) is 2.37. The lowest BCUT2D eigenvalue weighted by Gasteiger charge is -2.12. The zero-order chi connectivity index (χ0) is 15.6.